The lowest BCUT2D eigenvalue weighted by Crippen LogP contribution is -2.10. The van der Waals surface area contributed by atoms with E-state index in [9.17, 15) is 0 Å². The van der Waals surface area contributed by atoms with Crippen molar-refractivity contribution in [2.24, 2.45) is 5.90 Å². The van der Waals surface area contributed by atoms with Crippen molar-refractivity contribution in [3.8, 4) is 0 Å². The third kappa shape index (κ3) is 1.99. The predicted octanol–water partition coefficient (Wildman–Crippen LogP) is 0.779. The summed E-state index contributed by atoms with van der Waals surface area (Å²) in [7, 11) is 0. The lowest BCUT2D eigenvalue weighted by atomic mass is 10.0. The van der Waals surface area contributed by atoms with Crippen molar-refractivity contribution < 1.29 is 4.84 Å². The molecular formula is C8H13N3O. The van der Waals surface area contributed by atoms with Crippen LogP contribution in [-0.4, -0.2) is 16.6 Å². The number of hydrogen-bond donors (Lipinski definition) is 1. The Hall–Kier alpha value is -1.00. The van der Waals surface area contributed by atoms with Crippen molar-refractivity contribution in [2.75, 3.05) is 6.61 Å². The molecule has 12 heavy (non-hydrogen) atoms. The molecule has 1 aromatic rings. The monoisotopic (exact) mass is 167 g/mol. The third-order valence-electron chi connectivity index (χ3n) is 1.83. The molecule has 0 bridgehead atoms. The quantitative estimate of drug-likeness (QED) is 0.676. The molecule has 0 saturated heterocycles. The van der Waals surface area contributed by atoms with Crippen LogP contribution < -0.4 is 5.90 Å². The van der Waals surface area contributed by atoms with Gasteiger partial charge in [-0.1, -0.05) is 6.92 Å². The summed E-state index contributed by atoms with van der Waals surface area (Å²) in [5, 5.41) is 0. The zero-order valence-corrected chi connectivity index (χ0v) is 7.32. The first-order valence-corrected chi connectivity index (χ1v) is 3.84. The topological polar surface area (TPSA) is 61.0 Å². The molecule has 0 aliphatic rings. The number of aromatic nitrogens is 2. The molecule has 1 heterocycles. The van der Waals surface area contributed by atoms with Crippen LogP contribution >= 0.6 is 0 Å². The largest absolute Gasteiger partial charge is 0.304 e. The van der Waals surface area contributed by atoms with Crippen LogP contribution in [0.3, 0.4) is 0 Å². The summed E-state index contributed by atoms with van der Waals surface area (Å²) < 4.78 is 0. The van der Waals surface area contributed by atoms with E-state index in [0.717, 1.165) is 11.3 Å². The second-order valence-electron chi connectivity index (χ2n) is 2.80. The fourth-order valence-electron chi connectivity index (χ4n) is 1.12. The molecule has 0 aliphatic carbocycles. The summed E-state index contributed by atoms with van der Waals surface area (Å²) >= 11 is 0. The Bertz CT molecular complexity index is 252. The van der Waals surface area contributed by atoms with Crippen molar-refractivity contribution in [1.29, 1.82) is 0 Å². The van der Waals surface area contributed by atoms with Gasteiger partial charge in [-0.2, -0.15) is 0 Å². The highest BCUT2D eigenvalue weighted by Crippen LogP contribution is 2.15. The van der Waals surface area contributed by atoms with Gasteiger partial charge in [0.15, 0.2) is 0 Å². The van der Waals surface area contributed by atoms with Crippen molar-refractivity contribution in [1.82, 2.24) is 9.97 Å². The molecule has 1 aromatic heterocycles. The predicted molar refractivity (Wildman–Crippen MR) is 45.3 cm³/mol. The number of aryl methyl sites for hydroxylation is 1. The van der Waals surface area contributed by atoms with E-state index < -0.39 is 0 Å². The van der Waals surface area contributed by atoms with Crippen LogP contribution in [0.1, 0.15) is 24.1 Å². The van der Waals surface area contributed by atoms with Gasteiger partial charge < -0.3 is 4.84 Å². The number of nitrogens with two attached hydrogens (primary N) is 1. The van der Waals surface area contributed by atoms with E-state index >= 15 is 0 Å². The maximum absolute atomic E-state index is 4.98. The van der Waals surface area contributed by atoms with Gasteiger partial charge in [-0.25, -0.2) is 15.9 Å². The minimum absolute atomic E-state index is 0.246. The lowest BCUT2D eigenvalue weighted by molar-refractivity contribution is 0.126. The minimum atomic E-state index is 0.246. The van der Waals surface area contributed by atoms with Gasteiger partial charge in [0.2, 0.25) is 0 Å². The normalized spacial score (nSPS) is 12.9. The molecule has 0 spiro atoms. The van der Waals surface area contributed by atoms with Gasteiger partial charge in [0.1, 0.15) is 6.33 Å². The van der Waals surface area contributed by atoms with Gasteiger partial charge in [-0.05, 0) is 12.5 Å². The zero-order chi connectivity index (χ0) is 8.97. The van der Waals surface area contributed by atoms with E-state index in [1.165, 1.54) is 6.33 Å². The highest BCUT2D eigenvalue weighted by atomic mass is 16.6. The molecule has 4 heteroatoms. The highest BCUT2D eigenvalue weighted by molar-refractivity contribution is 5.18. The van der Waals surface area contributed by atoms with Gasteiger partial charge in [-0.3, -0.25) is 0 Å². The maximum atomic E-state index is 4.98. The molecule has 0 aliphatic heterocycles. The fraction of sp³-hybridized carbons (Fsp3) is 0.500. The first kappa shape index (κ1) is 9.09. The average molecular weight is 167 g/mol. The Morgan fingerprint density at radius 3 is 3.00 bits per heavy atom. The van der Waals surface area contributed by atoms with E-state index in [1.54, 1.807) is 6.20 Å². The van der Waals surface area contributed by atoms with Gasteiger partial charge in [0.05, 0.1) is 6.61 Å². The lowest BCUT2D eigenvalue weighted by Gasteiger charge is -2.10. The number of rotatable bonds is 3. The second kappa shape index (κ2) is 4.13. The third-order valence-corrected chi connectivity index (χ3v) is 1.83. The Morgan fingerprint density at radius 2 is 2.42 bits per heavy atom. The maximum Gasteiger partial charge on any atom is 0.115 e. The summed E-state index contributed by atoms with van der Waals surface area (Å²) in [4.78, 5) is 12.6. The summed E-state index contributed by atoms with van der Waals surface area (Å²) in [5.41, 5.74) is 2.07. The molecule has 1 rings (SSSR count). The summed E-state index contributed by atoms with van der Waals surface area (Å²) in [6, 6.07) is 0. The molecule has 66 valence electrons. The second-order valence-corrected chi connectivity index (χ2v) is 2.80. The van der Waals surface area contributed by atoms with Crippen LogP contribution in [0, 0.1) is 6.92 Å². The van der Waals surface area contributed by atoms with Crippen LogP contribution in [0.4, 0.5) is 0 Å². The van der Waals surface area contributed by atoms with E-state index in [4.69, 9.17) is 5.90 Å². The van der Waals surface area contributed by atoms with Crippen molar-refractivity contribution in [2.45, 2.75) is 19.8 Å². The Morgan fingerprint density at radius 1 is 1.67 bits per heavy atom. The van der Waals surface area contributed by atoms with Crippen LogP contribution in [-0.2, 0) is 4.84 Å². The molecular weight excluding hydrogens is 154 g/mol. The molecule has 0 aromatic carbocycles. The van der Waals surface area contributed by atoms with Crippen LogP contribution in [0.2, 0.25) is 0 Å². The van der Waals surface area contributed by atoms with E-state index in [2.05, 4.69) is 14.8 Å². The van der Waals surface area contributed by atoms with Crippen molar-refractivity contribution in [3.05, 3.63) is 23.8 Å². The van der Waals surface area contributed by atoms with Crippen molar-refractivity contribution in [3.63, 3.8) is 0 Å². The SMILES string of the molecule is Cc1ncncc1C(C)CON. The summed E-state index contributed by atoms with van der Waals surface area (Å²) in [6.07, 6.45) is 3.33. The van der Waals surface area contributed by atoms with E-state index in [0.29, 0.717) is 6.61 Å². The summed E-state index contributed by atoms with van der Waals surface area (Å²) in [6.45, 7) is 4.47. The summed E-state index contributed by atoms with van der Waals surface area (Å²) in [5.74, 6) is 5.22. The first-order chi connectivity index (χ1) is 5.75. The molecule has 0 saturated carbocycles. The standard InChI is InChI=1S/C8H13N3O/c1-6(4-12-9)8-3-10-5-11-7(8)2/h3,5-6H,4,9H2,1-2H3. The van der Waals surface area contributed by atoms with E-state index in [-0.39, 0.29) is 5.92 Å². The van der Waals surface area contributed by atoms with Gasteiger partial charge >= 0.3 is 0 Å². The van der Waals surface area contributed by atoms with Crippen LogP contribution in [0.5, 0.6) is 0 Å². The molecule has 0 fully saturated rings. The minimum Gasteiger partial charge on any atom is -0.304 e. The van der Waals surface area contributed by atoms with Crippen LogP contribution in [0.15, 0.2) is 12.5 Å². The van der Waals surface area contributed by atoms with E-state index in [1.807, 2.05) is 13.8 Å². The molecule has 0 amide bonds. The van der Waals surface area contributed by atoms with Gasteiger partial charge in [0, 0.05) is 17.8 Å². The fourth-order valence-corrected chi connectivity index (χ4v) is 1.12. The molecule has 0 radical (unpaired) electrons. The molecule has 1 unspecified atom stereocenters. The smallest absolute Gasteiger partial charge is 0.115 e. The average Bonchev–Trinajstić information content (AvgIpc) is 2.05. The molecule has 2 N–H and O–H groups in total. The van der Waals surface area contributed by atoms with Gasteiger partial charge in [0.25, 0.3) is 0 Å². The highest BCUT2D eigenvalue weighted by Gasteiger charge is 2.08. The molecule has 4 nitrogen and oxygen atoms in total. The van der Waals surface area contributed by atoms with Gasteiger partial charge in [-0.15, -0.1) is 0 Å². The Balaban J connectivity index is 2.79. The number of hydrogen-bond acceptors (Lipinski definition) is 4. The first-order valence-electron chi connectivity index (χ1n) is 3.84. The Labute approximate surface area is 71.7 Å². The number of nitrogens with zero attached hydrogens (tertiary/aromatic N) is 2. The van der Waals surface area contributed by atoms with Crippen LogP contribution in [0.25, 0.3) is 0 Å². The molecule has 1 atom stereocenters. The Kier molecular flexibility index (Phi) is 3.13. The zero-order valence-electron chi connectivity index (χ0n) is 7.32. The van der Waals surface area contributed by atoms with Crippen molar-refractivity contribution >= 4 is 0 Å².